The van der Waals surface area contributed by atoms with Crippen molar-refractivity contribution in [3.05, 3.63) is 21.9 Å². The third kappa shape index (κ3) is 3.80. The first-order valence-corrected chi connectivity index (χ1v) is 8.92. The number of nitrogens with zero attached hydrogens (tertiary/aromatic N) is 1. The van der Waals surface area contributed by atoms with Crippen molar-refractivity contribution in [1.82, 2.24) is 4.90 Å². The fourth-order valence-electron chi connectivity index (χ4n) is 2.17. The van der Waals surface area contributed by atoms with Gasteiger partial charge in [0.1, 0.15) is 0 Å². The molecule has 0 bridgehead atoms. The van der Waals surface area contributed by atoms with E-state index in [1.54, 1.807) is 11.3 Å². The lowest BCUT2D eigenvalue weighted by molar-refractivity contribution is 0.220. The van der Waals surface area contributed by atoms with Crippen molar-refractivity contribution >= 4 is 21.2 Å². The van der Waals surface area contributed by atoms with Crippen LogP contribution >= 0.6 is 11.3 Å². The van der Waals surface area contributed by atoms with Gasteiger partial charge in [0.25, 0.3) is 0 Å². The lowest BCUT2D eigenvalue weighted by atomic mass is 10.2. The lowest BCUT2D eigenvalue weighted by Crippen LogP contribution is -2.46. The summed E-state index contributed by atoms with van der Waals surface area (Å²) < 4.78 is 23.1. The standard InChI is InChI=1S/C13H18N2O2S2/c1-11-10-19(16,17)8-6-15(11)9-13-12(3-2-5-14)4-7-18-13/h4,7,11H,5-6,8-10,14H2,1H3. The first-order chi connectivity index (χ1) is 9.02. The second-order valence-electron chi connectivity index (χ2n) is 4.70. The second-order valence-corrected chi connectivity index (χ2v) is 7.93. The second kappa shape index (κ2) is 6.06. The van der Waals surface area contributed by atoms with E-state index in [4.69, 9.17) is 5.73 Å². The van der Waals surface area contributed by atoms with Gasteiger partial charge in [-0.15, -0.1) is 11.3 Å². The Kier molecular flexibility index (Phi) is 4.63. The van der Waals surface area contributed by atoms with Gasteiger partial charge in [-0.3, -0.25) is 4.90 Å². The zero-order valence-electron chi connectivity index (χ0n) is 10.9. The summed E-state index contributed by atoms with van der Waals surface area (Å²) in [6, 6.07) is 2.06. The largest absolute Gasteiger partial charge is 0.320 e. The molecule has 1 aromatic heterocycles. The van der Waals surface area contributed by atoms with Crippen LogP contribution in [0.15, 0.2) is 11.4 Å². The molecule has 0 amide bonds. The number of sulfone groups is 1. The van der Waals surface area contributed by atoms with Gasteiger partial charge in [0, 0.05) is 29.6 Å². The van der Waals surface area contributed by atoms with Crippen LogP contribution in [0.1, 0.15) is 17.4 Å². The van der Waals surface area contributed by atoms with E-state index in [2.05, 4.69) is 16.7 Å². The number of hydrogen-bond acceptors (Lipinski definition) is 5. The summed E-state index contributed by atoms with van der Waals surface area (Å²) in [5.41, 5.74) is 6.39. The van der Waals surface area contributed by atoms with Crippen LogP contribution in [-0.4, -0.2) is 44.0 Å². The van der Waals surface area contributed by atoms with E-state index in [9.17, 15) is 8.42 Å². The SMILES string of the molecule is CC1CS(=O)(=O)CCN1Cc1sccc1C#CCN. The molecule has 104 valence electrons. The maximum Gasteiger partial charge on any atom is 0.153 e. The van der Waals surface area contributed by atoms with Crippen LogP contribution in [0.25, 0.3) is 0 Å². The Bertz CT molecular complexity index is 596. The fraction of sp³-hybridized carbons (Fsp3) is 0.538. The minimum Gasteiger partial charge on any atom is -0.320 e. The van der Waals surface area contributed by atoms with Gasteiger partial charge in [0.15, 0.2) is 9.84 Å². The number of hydrogen-bond donors (Lipinski definition) is 1. The van der Waals surface area contributed by atoms with Crippen molar-refractivity contribution in [2.75, 3.05) is 24.6 Å². The number of nitrogens with two attached hydrogens (primary N) is 1. The molecule has 4 nitrogen and oxygen atoms in total. The van der Waals surface area contributed by atoms with Gasteiger partial charge >= 0.3 is 0 Å². The average molecular weight is 298 g/mol. The van der Waals surface area contributed by atoms with Crippen LogP contribution in [0, 0.1) is 11.8 Å². The first kappa shape index (κ1) is 14.5. The molecule has 6 heteroatoms. The van der Waals surface area contributed by atoms with E-state index in [0.717, 1.165) is 12.1 Å². The van der Waals surface area contributed by atoms with Crippen LogP contribution in [0.5, 0.6) is 0 Å². The molecule has 0 aromatic carbocycles. The van der Waals surface area contributed by atoms with Crippen LogP contribution < -0.4 is 5.73 Å². The molecule has 2 heterocycles. The first-order valence-electron chi connectivity index (χ1n) is 6.21. The predicted molar refractivity (Wildman–Crippen MR) is 78.8 cm³/mol. The molecule has 0 spiro atoms. The van der Waals surface area contributed by atoms with Gasteiger partial charge in [-0.05, 0) is 18.4 Å². The molecule has 0 saturated carbocycles. The van der Waals surface area contributed by atoms with Crippen LogP contribution in [0.2, 0.25) is 0 Å². The van der Waals surface area contributed by atoms with Gasteiger partial charge in [0.2, 0.25) is 0 Å². The molecule has 1 aromatic rings. The van der Waals surface area contributed by atoms with Crippen molar-refractivity contribution in [3.63, 3.8) is 0 Å². The molecule has 1 atom stereocenters. The molecule has 1 saturated heterocycles. The molecular formula is C13H18N2O2S2. The van der Waals surface area contributed by atoms with Crippen LogP contribution in [0.3, 0.4) is 0 Å². The Balaban J connectivity index is 2.08. The molecule has 19 heavy (non-hydrogen) atoms. The quantitative estimate of drug-likeness (QED) is 0.816. The van der Waals surface area contributed by atoms with E-state index >= 15 is 0 Å². The van der Waals surface area contributed by atoms with Gasteiger partial charge in [-0.1, -0.05) is 11.8 Å². The lowest BCUT2D eigenvalue weighted by Gasteiger charge is -2.32. The van der Waals surface area contributed by atoms with E-state index in [1.165, 1.54) is 4.88 Å². The van der Waals surface area contributed by atoms with Crippen LogP contribution in [-0.2, 0) is 16.4 Å². The van der Waals surface area contributed by atoms with E-state index in [0.29, 0.717) is 13.1 Å². The van der Waals surface area contributed by atoms with E-state index < -0.39 is 9.84 Å². The Morgan fingerprint density at radius 3 is 3.05 bits per heavy atom. The van der Waals surface area contributed by atoms with Crippen molar-refractivity contribution in [2.24, 2.45) is 5.73 Å². The van der Waals surface area contributed by atoms with Gasteiger partial charge in [-0.25, -0.2) is 8.42 Å². The number of thiophene rings is 1. The topological polar surface area (TPSA) is 63.4 Å². The van der Waals surface area contributed by atoms with Crippen molar-refractivity contribution < 1.29 is 8.42 Å². The van der Waals surface area contributed by atoms with E-state index in [1.807, 2.05) is 18.4 Å². The highest BCUT2D eigenvalue weighted by Crippen LogP contribution is 2.21. The highest BCUT2D eigenvalue weighted by Gasteiger charge is 2.28. The van der Waals surface area contributed by atoms with Gasteiger partial charge in [-0.2, -0.15) is 0 Å². The monoisotopic (exact) mass is 298 g/mol. The summed E-state index contributed by atoms with van der Waals surface area (Å²) in [5, 5.41) is 2.02. The third-order valence-corrected chi connectivity index (χ3v) is 5.93. The van der Waals surface area contributed by atoms with Crippen LogP contribution in [0.4, 0.5) is 0 Å². The van der Waals surface area contributed by atoms with E-state index in [-0.39, 0.29) is 17.5 Å². The zero-order chi connectivity index (χ0) is 13.9. The summed E-state index contributed by atoms with van der Waals surface area (Å²) >= 11 is 1.66. The highest BCUT2D eigenvalue weighted by molar-refractivity contribution is 7.91. The Morgan fingerprint density at radius 2 is 2.37 bits per heavy atom. The molecule has 1 fully saturated rings. The smallest absolute Gasteiger partial charge is 0.153 e. The number of rotatable bonds is 2. The minimum absolute atomic E-state index is 0.0659. The molecule has 0 radical (unpaired) electrons. The molecule has 0 aliphatic carbocycles. The Hall–Kier alpha value is -0.870. The highest BCUT2D eigenvalue weighted by atomic mass is 32.2. The Labute approximate surface area is 118 Å². The predicted octanol–water partition coefficient (Wildman–Crippen LogP) is 0.677. The molecule has 2 rings (SSSR count). The third-order valence-electron chi connectivity index (χ3n) is 3.23. The maximum atomic E-state index is 11.6. The summed E-state index contributed by atoms with van der Waals surface area (Å²) in [6.07, 6.45) is 0. The summed E-state index contributed by atoms with van der Waals surface area (Å²) in [4.78, 5) is 3.40. The zero-order valence-corrected chi connectivity index (χ0v) is 12.6. The maximum absolute atomic E-state index is 11.6. The molecule has 2 N–H and O–H groups in total. The molecule has 1 unspecified atom stereocenters. The van der Waals surface area contributed by atoms with Gasteiger partial charge in [0.05, 0.1) is 18.1 Å². The fourth-order valence-corrected chi connectivity index (χ4v) is 4.65. The minimum atomic E-state index is -2.85. The van der Waals surface area contributed by atoms with Crippen molar-refractivity contribution in [1.29, 1.82) is 0 Å². The Morgan fingerprint density at radius 1 is 1.58 bits per heavy atom. The summed E-state index contributed by atoms with van der Waals surface area (Å²) in [7, 11) is -2.85. The van der Waals surface area contributed by atoms with Crippen molar-refractivity contribution in [3.8, 4) is 11.8 Å². The average Bonchev–Trinajstić information content (AvgIpc) is 2.77. The molecular weight excluding hydrogens is 280 g/mol. The van der Waals surface area contributed by atoms with Crippen molar-refractivity contribution in [2.45, 2.75) is 19.5 Å². The summed E-state index contributed by atoms with van der Waals surface area (Å²) in [5.74, 6) is 6.44. The molecule has 1 aliphatic rings. The normalized spacial score (nSPS) is 22.7. The van der Waals surface area contributed by atoms with Gasteiger partial charge < -0.3 is 5.73 Å². The summed E-state index contributed by atoms with van der Waals surface area (Å²) in [6.45, 7) is 3.69. The molecule has 1 aliphatic heterocycles.